The summed E-state index contributed by atoms with van der Waals surface area (Å²) in [5.41, 5.74) is 3.54. The number of oxazole rings is 1. The molecule has 1 heterocycles. The van der Waals surface area contributed by atoms with Gasteiger partial charge in [0, 0.05) is 11.6 Å². The van der Waals surface area contributed by atoms with E-state index in [9.17, 15) is 8.42 Å². The molecule has 3 aromatic carbocycles. The van der Waals surface area contributed by atoms with Crippen molar-refractivity contribution in [3.05, 3.63) is 72.3 Å². The molecule has 0 fully saturated rings. The molecule has 6 nitrogen and oxygen atoms in total. The van der Waals surface area contributed by atoms with Crippen LogP contribution >= 0.6 is 0 Å². The van der Waals surface area contributed by atoms with Crippen LogP contribution in [-0.4, -0.2) is 20.0 Å². The molecule has 0 aliphatic carbocycles. The second-order valence-electron chi connectivity index (χ2n) is 6.58. The molecule has 0 bridgehead atoms. The summed E-state index contributed by atoms with van der Waals surface area (Å²) in [5.74, 6) is 1.12. The molecule has 0 amide bonds. The Hall–Kier alpha value is -3.32. The van der Waals surface area contributed by atoms with E-state index in [-0.39, 0.29) is 4.90 Å². The summed E-state index contributed by atoms with van der Waals surface area (Å²) in [7, 11) is -3.73. The Morgan fingerprint density at radius 2 is 1.83 bits per heavy atom. The number of benzene rings is 3. The summed E-state index contributed by atoms with van der Waals surface area (Å²) in [4.78, 5) is 4.64. The second kappa shape index (κ2) is 7.60. The zero-order chi connectivity index (χ0) is 20.4. The zero-order valence-electron chi connectivity index (χ0n) is 16.0. The minimum atomic E-state index is -3.73. The molecule has 0 spiro atoms. The first-order chi connectivity index (χ1) is 13.9. The first kappa shape index (κ1) is 19.0. The number of hydrogen-bond acceptors (Lipinski definition) is 5. The maximum absolute atomic E-state index is 12.7. The number of nitrogens with zero attached hydrogens (tertiary/aromatic N) is 1. The molecule has 7 heteroatoms. The van der Waals surface area contributed by atoms with Crippen molar-refractivity contribution in [3.63, 3.8) is 0 Å². The van der Waals surface area contributed by atoms with Crippen molar-refractivity contribution in [1.82, 2.24) is 4.98 Å². The van der Waals surface area contributed by atoms with E-state index in [1.54, 1.807) is 30.3 Å². The molecule has 0 aliphatic rings. The molecule has 4 rings (SSSR count). The zero-order valence-corrected chi connectivity index (χ0v) is 16.9. The number of aryl methyl sites for hydroxylation is 1. The number of nitrogens with one attached hydrogen (secondary N) is 1. The number of ether oxygens (including phenoxy) is 1. The number of rotatable bonds is 6. The van der Waals surface area contributed by atoms with Crippen molar-refractivity contribution in [2.75, 3.05) is 11.3 Å². The Morgan fingerprint density at radius 3 is 2.55 bits per heavy atom. The molecule has 4 aromatic rings. The van der Waals surface area contributed by atoms with Crippen LogP contribution in [0.25, 0.3) is 22.6 Å². The quantitative estimate of drug-likeness (QED) is 0.485. The van der Waals surface area contributed by atoms with E-state index in [1.165, 1.54) is 12.1 Å². The van der Waals surface area contributed by atoms with Gasteiger partial charge in [0.2, 0.25) is 5.89 Å². The van der Waals surface area contributed by atoms with Gasteiger partial charge in [-0.1, -0.05) is 17.7 Å². The van der Waals surface area contributed by atoms with E-state index < -0.39 is 10.0 Å². The fraction of sp³-hybridized carbons (Fsp3) is 0.136. The van der Waals surface area contributed by atoms with Crippen molar-refractivity contribution >= 4 is 26.8 Å². The summed E-state index contributed by atoms with van der Waals surface area (Å²) in [6.07, 6.45) is 0. The standard InChI is InChI=1S/C22H20N2O4S/c1-3-27-18-8-10-19(11-9-18)29(25,26)24-17-7-12-20-21(14-17)28-22(23-20)16-6-4-5-15(2)13-16/h4-14,24H,3H2,1-2H3. The second-order valence-corrected chi connectivity index (χ2v) is 8.26. The largest absolute Gasteiger partial charge is 0.494 e. The van der Waals surface area contributed by atoms with Gasteiger partial charge in [0.1, 0.15) is 11.3 Å². The smallest absolute Gasteiger partial charge is 0.261 e. The molecule has 29 heavy (non-hydrogen) atoms. The number of aromatic nitrogens is 1. The lowest BCUT2D eigenvalue weighted by Crippen LogP contribution is -2.12. The average molecular weight is 408 g/mol. The van der Waals surface area contributed by atoms with Crippen molar-refractivity contribution < 1.29 is 17.6 Å². The minimum Gasteiger partial charge on any atom is -0.494 e. The van der Waals surface area contributed by atoms with Crippen LogP contribution in [0.1, 0.15) is 12.5 Å². The first-order valence-electron chi connectivity index (χ1n) is 9.18. The summed E-state index contributed by atoms with van der Waals surface area (Å²) in [6.45, 7) is 4.39. The topological polar surface area (TPSA) is 81.4 Å². The van der Waals surface area contributed by atoms with Gasteiger partial charge in [0.25, 0.3) is 10.0 Å². The predicted molar refractivity (Wildman–Crippen MR) is 113 cm³/mol. The Morgan fingerprint density at radius 1 is 1.03 bits per heavy atom. The fourth-order valence-electron chi connectivity index (χ4n) is 2.99. The Kier molecular flexibility index (Phi) is 4.98. The predicted octanol–water partition coefficient (Wildman–Crippen LogP) is 5.00. The molecule has 148 valence electrons. The van der Waals surface area contributed by atoms with Crippen molar-refractivity contribution in [2.45, 2.75) is 18.7 Å². The average Bonchev–Trinajstić information content (AvgIpc) is 3.12. The van der Waals surface area contributed by atoms with Gasteiger partial charge in [-0.3, -0.25) is 4.72 Å². The van der Waals surface area contributed by atoms with Gasteiger partial charge in [-0.05, 0) is 62.4 Å². The highest BCUT2D eigenvalue weighted by atomic mass is 32.2. The SMILES string of the molecule is CCOc1ccc(S(=O)(=O)Nc2ccc3nc(-c4cccc(C)c4)oc3c2)cc1. The number of hydrogen-bond donors (Lipinski definition) is 1. The van der Waals surface area contributed by atoms with Crippen LogP contribution in [0, 0.1) is 6.92 Å². The van der Waals surface area contributed by atoms with Crippen molar-refractivity contribution in [3.8, 4) is 17.2 Å². The van der Waals surface area contributed by atoms with Gasteiger partial charge in [0.05, 0.1) is 17.2 Å². The summed E-state index contributed by atoms with van der Waals surface area (Å²) < 4.78 is 39.1. The maximum atomic E-state index is 12.7. The third-order valence-electron chi connectivity index (χ3n) is 4.35. The van der Waals surface area contributed by atoms with E-state index in [4.69, 9.17) is 9.15 Å². The minimum absolute atomic E-state index is 0.152. The van der Waals surface area contributed by atoms with E-state index in [1.807, 2.05) is 38.1 Å². The lowest BCUT2D eigenvalue weighted by Gasteiger charge is -2.09. The van der Waals surface area contributed by atoms with E-state index >= 15 is 0 Å². The molecule has 0 saturated carbocycles. The van der Waals surface area contributed by atoms with Gasteiger partial charge >= 0.3 is 0 Å². The summed E-state index contributed by atoms with van der Waals surface area (Å²) in [5, 5.41) is 0. The van der Waals surface area contributed by atoms with Crippen molar-refractivity contribution in [1.29, 1.82) is 0 Å². The molecule has 1 N–H and O–H groups in total. The molecule has 0 atom stereocenters. The Balaban J connectivity index is 1.60. The van der Waals surface area contributed by atoms with E-state index in [0.29, 0.717) is 35.0 Å². The van der Waals surface area contributed by atoms with Crippen LogP contribution in [0.4, 0.5) is 5.69 Å². The van der Waals surface area contributed by atoms with Crippen LogP contribution in [-0.2, 0) is 10.0 Å². The van der Waals surface area contributed by atoms with Gasteiger partial charge in [-0.25, -0.2) is 13.4 Å². The van der Waals surface area contributed by atoms with Gasteiger partial charge in [-0.2, -0.15) is 0 Å². The van der Waals surface area contributed by atoms with Crippen molar-refractivity contribution in [2.24, 2.45) is 0 Å². The van der Waals surface area contributed by atoms with Crippen LogP contribution in [0.15, 0.2) is 76.0 Å². The highest BCUT2D eigenvalue weighted by Gasteiger charge is 2.16. The van der Waals surface area contributed by atoms with Gasteiger partial charge in [0.15, 0.2) is 5.58 Å². The first-order valence-corrected chi connectivity index (χ1v) is 10.7. The number of fused-ring (bicyclic) bond motifs is 1. The lowest BCUT2D eigenvalue weighted by molar-refractivity contribution is 0.340. The molecule has 1 aromatic heterocycles. The van der Waals surface area contributed by atoms with E-state index in [2.05, 4.69) is 9.71 Å². The Bertz CT molecular complexity index is 1260. The molecule has 0 saturated heterocycles. The molecule has 0 unspecified atom stereocenters. The highest BCUT2D eigenvalue weighted by Crippen LogP contribution is 2.28. The third-order valence-corrected chi connectivity index (χ3v) is 5.75. The number of sulfonamides is 1. The normalized spacial score (nSPS) is 11.5. The molecular weight excluding hydrogens is 388 g/mol. The lowest BCUT2D eigenvalue weighted by atomic mass is 10.1. The van der Waals surface area contributed by atoms with Crippen LogP contribution in [0.5, 0.6) is 5.75 Å². The van der Waals surface area contributed by atoms with Gasteiger partial charge < -0.3 is 9.15 Å². The van der Waals surface area contributed by atoms with Crippen LogP contribution in [0.2, 0.25) is 0 Å². The molecule has 0 radical (unpaired) electrons. The van der Waals surface area contributed by atoms with Crippen LogP contribution in [0.3, 0.4) is 0 Å². The summed E-state index contributed by atoms with van der Waals surface area (Å²) >= 11 is 0. The summed E-state index contributed by atoms with van der Waals surface area (Å²) in [6, 6.07) is 19.2. The molecule has 0 aliphatic heterocycles. The highest BCUT2D eigenvalue weighted by molar-refractivity contribution is 7.92. The Labute approximate surface area is 169 Å². The van der Waals surface area contributed by atoms with E-state index in [0.717, 1.165) is 11.1 Å². The third kappa shape index (κ3) is 4.09. The number of anilines is 1. The van der Waals surface area contributed by atoms with Gasteiger partial charge in [-0.15, -0.1) is 0 Å². The van der Waals surface area contributed by atoms with Crippen LogP contribution < -0.4 is 9.46 Å². The fourth-order valence-corrected chi connectivity index (χ4v) is 4.03. The maximum Gasteiger partial charge on any atom is 0.261 e. The molecular formula is C22H20N2O4S. The monoisotopic (exact) mass is 408 g/mol.